The van der Waals surface area contributed by atoms with Crippen molar-refractivity contribution in [1.29, 1.82) is 0 Å². The minimum absolute atomic E-state index is 0.142. The van der Waals surface area contributed by atoms with Crippen LogP contribution in [0.3, 0.4) is 0 Å². The summed E-state index contributed by atoms with van der Waals surface area (Å²) in [5.41, 5.74) is -0.754. The van der Waals surface area contributed by atoms with Gasteiger partial charge in [-0.15, -0.1) is 0 Å². The molecule has 0 aliphatic heterocycles. The van der Waals surface area contributed by atoms with E-state index in [9.17, 15) is 9.50 Å². The van der Waals surface area contributed by atoms with Crippen molar-refractivity contribution >= 4 is 15.9 Å². The Kier molecular flexibility index (Phi) is 3.29. The van der Waals surface area contributed by atoms with Gasteiger partial charge in [-0.05, 0) is 31.5 Å². The molecule has 1 rings (SSSR count). The van der Waals surface area contributed by atoms with Crippen LogP contribution >= 0.6 is 15.9 Å². The van der Waals surface area contributed by atoms with Gasteiger partial charge in [0.2, 0.25) is 0 Å². The zero-order chi connectivity index (χ0) is 10.9. The maximum Gasteiger partial charge on any atom is 0.130 e. The van der Waals surface area contributed by atoms with Crippen LogP contribution in [0.15, 0.2) is 16.6 Å². The second-order valence-corrected chi connectivity index (χ2v) is 4.55. The van der Waals surface area contributed by atoms with E-state index in [0.717, 1.165) is 0 Å². The number of benzene rings is 1. The molecule has 2 nitrogen and oxygen atoms in total. The molecule has 0 aromatic heterocycles. The average molecular weight is 263 g/mol. The molecule has 2 N–H and O–H groups in total. The minimum atomic E-state index is -1.29. The van der Waals surface area contributed by atoms with Crippen LogP contribution in [-0.2, 0) is 12.2 Å². The highest BCUT2D eigenvalue weighted by Crippen LogP contribution is 2.29. The van der Waals surface area contributed by atoms with Gasteiger partial charge in [-0.1, -0.05) is 15.9 Å². The summed E-state index contributed by atoms with van der Waals surface area (Å²) < 4.78 is 14.0. The van der Waals surface area contributed by atoms with E-state index in [1.54, 1.807) is 6.07 Å². The zero-order valence-corrected chi connectivity index (χ0v) is 9.60. The van der Waals surface area contributed by atoms with Crippen molar-refractivity contribution in [1.82, 2.24) is 0 Å². The number of rotatable bonds is 2. The molecule has 14 heavy (non-hydrogen) atoms. The Morgan fingerprint density at radius 2 is 2.00 bits per heavy atom. The van der Waals surface area contributed by atoms with E-state index >= 15 is 0 Å². The first kappa shape index (κ1) is 11.6. The molecule has 78 valence electrons. The van der Waals surface area contributed by atoms with Gasteiger partial charge in [0.25, 0.3) is 0 Å². The molecule has 0 amide bonds. The Morgan fingerprint density at radius 1 is 1.43 bits per heavy atom. The highest BCUT2D eigenvalue weighted by molar-refractivity contribution is 9.10. The molecule has 0 aliphatic carbocycles. The lowest BCUT2D eigenvalue weighted by Gasteiger charge is -2.21. The molecule has 0 spiro atoms. The molecule has 0 fully saturated rings. The Labute approximate surface area is 90.5 Å². The van der Waals surface area contributed by atoms with E-state index in [2.05, 4.69) is 15.9 Å². The van der Waals surface area contributed by atoms with E-state index in [-0.39, 0.29) is 12.2 Å². The van der Waals surface area contributed by atoms with E-state index < -0.39 is 11.4 Å². The van der Waals surface area contributed by atoms with Gasteiger partial charge in [0.15, 0.2) is 0 Å². The summed E-state index contributed by atoms with van der Waals surface area (Å²) >= 11 is 3.12. The number of hydrogen-bond donors (Lipinski definition) is 2. The van der Waals surface area contributed by atoms with Crippen molar-refractivity contribution in [3.8, 4) is 0 Å². The summed E-state index contributed by atoms with van der Waals surface area (Å²) in [6.07, 6.45) is 0. The molecule has 0 saturated heterocycles. The van der Waals surface area contributed by atoms with E-state index in [0.29, 0.717) is 10.0 Å². The second-order valence-electron chi connectivity index (χ2n) is 3.64. The fourth-order valence-corrected chi connectivity index (χ4v) is 1.91. The van der Waals surface area contributed by atoms with Crippen molar-refractivity contribution in [2.24, 2.45) is 0 Å². The van der Waals surface area contributed by atoms with Crippen molar-refractivity contribution < 1.29 is 14.6 Å². The van der Waals surface area contributed by atoms with E-state index in [1.807, 2.05) is 0 Å². The molecule has 0 radical (unpaired) electrons. The molecule has 0 saturated carbocycles. The fraction of sp³-hybridized carbons (Fsp3) is 0.400. The van der Waals surface area contributed by atoms with Crippen LogP contribution < -0.4 is 0 Å². The molecule has 0 atom stereocenters. The normalized spacial score (nSPS) is 11.9. The largest absolute Gasteiger partial charge is 0.392 e. The molecule has 4 heteroatoms. The van der Waals surface area contributed by atoms with Gasteiger partial charge in [-0.2, -0.15) is 0 Å². The summed E-state index contributed by atoms with van der Waals surface area (Å²) in [6.45, 7) is 2.67. The molecule has 1 aromatic rings. The molecule has 1 aromatic carbocycles. The molecule has 0 bridgehead atoms. The topological polar surface area (TPSA) is 40.5 Å². The van der Waals surface area contributed by atoms with Crippen LogP contribution in [-0.4, -0.2) is 10.2 Å². The van der Waals surface area contributed by atoms with Crippen LogP contribution in [0, 0.1) is 5.82 Å². The number of aliphatic hydroxyl groups is 2. The maximum absolute atomic E-state index is 13.5. The van der Waals surface area contributed by atoms with Crippen LogP contribution in [0.4, 0.5) is 4.39 Å². The predicted molar refractivity (Wildman–Crippen MR) is 55.3 cm³/mol. The van der Waals surface area contributed by atoms with Gasteiger partial charge in [0.05, 0.1) is 12.2 Å². The first-order chi connectivity index (χ1) is 6.36. The first-order valence-electron chi connectivity index (χ1n) is 4.18. The zero-order valence-electron chi connectivity index (χ0n) is 8.01. The molecular formula is C10H12BrFO2. The summed E-state index contributed by atoms with van der Waals surface area (Å²) in [5.74, 6) is -0.518. The quantitative estimate of drug-likeness (QED) is 0.859. The standard InChI is InChI=1S/C10H12BrFO2/c1-10(2,14)9-6(5-13)3-7(11)4-8(9)12/h3-4,13-14H,5H2,1-2H3. The second kappa shape index (κ2) is 3.96. The number of halogens is 2. The summed E-state index contributed by atoms with van der Waals surface area (Å²) in [7, 11) is 0. The first-order valence-corrected chi connectivity index (χ1v) is 4.97. The van der Waals surface area contributed by atoms with Crippen LogP contribution in [0.2, 0.25) is 0 Å². The monoisotopic (exact) mass is 262 g/mol. The fourth-order valence-electron chi connectivity index (χ4n) is 1.44. The van der Waals surface area contributed by atoms with Crippen molar-refractivity contribution in [2.45, 2.75) is 26.1 Å². The van der Waals surface area contributed by atoms with E-state index in [4.69, 9.17) is 5.11 Å². The van der Waals surface area contributed by atoms with E-state index in [1.165, 1.54) is 19.9 Å². The molecular weight excluding hydrogens is 251 g/mol. The average Bonchev–Trinajstić information content (AvgIpc) is 1.99. The van der Waals surface area contributed by atoms with Crippen molar-refractivity contribution in [2.75, 3.05) is 0 Å². The smallest absolute Gasteiger partial charge is 0.130 e. The van der Waals surface area contributed by atoms with Gasteiger partial charge >= 0.3 is 0 Å². The number of hydrogen-bond acceptors (Lipinski definition) is 2. The Hall–Kier alpha value is -0.450. The molecule has 0 aliphatic rings. The van der Waals surface area contributed by atoms with Crippen LogP contribution in [0.25, 0.3) is 0 Å². The highest BCUT2D eigenvalue weighted by Gasteiger charge is 2.24. The minimum Gasteiger partial charge on any atom is -0.392 e. The maximum atomic E-state index is 13.5. The van der Waals surface area contributed by atoms with Gasteiger partial charge in [0.1, 0.15) is 5.82 Å². The molecule has 0 heterocycles. The lowest BCUT2D eigenvalue weighted by molar-refractivity contribution is 0.0717. The van der Waals surface area contributed by atoms with Gasteiger partial charge in [-0.25, -0.2) is 4.39 Å². The van der Waals surface area contributed by atoms with Crippen LogP contribution in [0.1, 0.15) is 25.0 Å². The summed E-state index contributed by atoms with van der Waals surface area (Å²) in [4.78, 5) is 0. The van der Waals surface area contributed by atoms with Gasteiger partial charge in [-0.3, -0.25) is 0 Å². The third-order valence-corrected chi connectivity index (χ3v) is 2.38. The lowest BCUT2D eigenvalue weighted by atomic mass is 9.93. The Bertz CT molecular complexity index is 345. The van der Waals surface area contributed by atoms with Crippen molar-refractivity contribution in [3.63, 3.8) is 0 Å². The lowest BCUT2D eigenvalue weighted by Crippen LogP contribution is -2.20. The predicted octanol–water partition coefficient (Wildman–Crippen LogP) is 2.31. The van der Waals surface area contributed by atoms with Crippen LogP contribution in [0.5, 0.6) is 0 Å². The third kappa shape index (κ3) is 2.32. The third-order valence-electron chi connectivity index (χ3n) is 1.92. The van der Waals surface area contributed by atoms with Gasteiger partial charge in [0, 0.05) is 10.0 Å². The summed E-state index contributed by atoms with van der Waals surface area (Å²) in [5, 5.41) is 18.7. The Morgan fingerprint density at radius 3 is 2.43 bits per heavy atom. The Balaban J connectivity index is 3.40. The molecule has 0 unspecified atom stereocenters. The summed E-state index contributed by atoms with van der Waals surface area (Å²) in [6, 6.07) is 2.86. The van der Waals surface area contributed by atoms with Crippen molar-refractivity contribution in [3.05, 3.63) is 33.5 Å². The highest BCUT2D eigenvalue weighted by atomic mass is 79.9. The SMILES string of the molecule is CC(C)(O)c1c(F)cc(Br)cc1CO. The van der Waals surface area contributed by atoms with Gasteiger partial charge < -0.3 is 10.2 Å². The number of aliphatic hydroxyl groups excluding tert-OH is 1.